The Morgan fingerprint density at radius 2 is 2.14 bits per heavy atom. The number of aromatic nitrogens is 2. The first-order valence-electron chi connectivity index (χ1n) is 7.65. The van der Waals surface area contributed by atoms with Gasteiger partial charge in [-0.25, -0.2) is 9.48 Å². The van der Waals surface area contributed by atoms with Crippen LogP contribution in [0.2, 0.25) is 0 Å². The van der Waals surface area contributed by atoms with Crippen molar-refractivity contribution in [3.63, 3.8) is 0 Å². The van der Waals surface area contributed by atoms with Gasteiger partial charge in [-0.3, -0.25) is 0 Å². The number of amides is 1. The summed E-state index contributed by atoms with van der Waals surface area (Å²) in [5.41, 5.74) is 1.59. The zero-order valence-corrected chi connectivity index (χ0v) is 13.8. The quantitative estimate of drug-likeness (QED) is 0.780. The van der Waals surface area contributed by atoms with Crippen LogP contribution in [-0.4, -0.2) is 51.6 Å². The van der Waals surface area contributed by atoms with Gasteiger partial charge in [-0.15, -0.1) is 0 Å². The molecule has 1 aromatic rings. The third kappa shape index (κ3) is 2.77. The molecule has 2 aliphatic heterocycles. The molecule has 2 atom stereocenters. The molecule has 22 heavy (non-hydrogen) atoms. The van der Waals surface area contributed by atoms with Crippen LogP contribution in [0.3, 0.4) is 0 Å². The van der Waals surface area contributed by atoms with Crippen LogP contribution in [0.15, 0.2) is 0 Å². The molecule has 0 radical (unpaired) electrons. The first-order valence-corrected chi connectivity index (χ1v) is 7.65. The van der Waals surface area contributed by atoms with E-state index in [0.29, 0.717) is 19.6 Å². The molecule has 122 valence electrons. The summed E-state index contributed by atoms with van der Waals surface area (Å²) in [5, 5.41) is 7.87. The SMILES string of the molecule is Cc1nn(C)c2c1CN[C@@H]1CN(C(=O)OC(C)(C)C)C[C@@H]1O2. The van der Waals surface area contributed by atoms with E-state index < -0.39 is 5.60 Å². The average molecular weight is 308 g/mol. The van der Waals surface area contributed by atoms with Crippen LogP contribution in [0, 0.1) is 6.92 Å². The second-order valence-electron chi connectivity index (χ2n) is 7.02. The van der Waals surface area contributed by atoms with Crippen LogP contribution in [0.25, 0.3) is 0 Å². The molecule has 3 heterocycles. The molecule has 7 nitrogen and oxygen atoms in total. The molecular formula is C15H24N4O3. The minimum atomic E-state index is -0.484. The van der Waals surface area contributed by atoms with E-state index in [2.05, 4.69) is 10.4 Å². The lowest BCUT2D eigenvalue weighted by Gasteiger charge is -2.24. The average Bonchev–Trinajstić information content (AvgIpc) is 2.83. The molecular weight excluding hydrogens is 284 g/mol. The largest absolute Gasteiger partial charge is 0.471 e. The van der Waals surface area contributed by atoms with E-state index in [4.69, 9.17) is 9.47 Å². The molecule has 2 aliphatic rings. The Kier molecular flexibility index (Phi) is 3.55. The molecule has 0 bridgehead atoms. The van der Waals surface area contributed by atoms with Gasteiger partial charge in [-0.1, -0.05) is 0 Å². The molecule has 0 aromatic carbocycles. The Morgan fingerprint density at radius 3 is 2.82 bits per heavy atom. The summed E-state index contributed by atoms with van der Waals surface area (Å²) >= 11 is 0. The van der Waals surface area contributed by atoms with Gasteiger partial charge in [0.2, 0.25) is 5.88 Å². The summed E-state index contributed by atoms with van der Waals surface area (Å²) in [7, 11) is 1.88. The number of nitrogens with one attached hydrogen (secondary N) is 1. The van der Waals surface area contributed by atoms with Crippen molar-refractivity contribution >= 4 is 6.09 Å². The molecule has 1 aromatic heterocycles. The van der Waals surface area contributed by atoms with E-state index >= 15 is 0 Å². The molecule has 0 aliphatic carbocycles. The van der Waals surface area contributed by atoms with Crippen molar-refractivity contribution in [2.24, 2.45) is 7.05 Å². The predicted molar refractivity (Wildman–Crippen MR) is 80.8 cm³/mol. The number of hydrogen-bond donors (Lipinski definition) is 1. The highest BCUT2D eigenvalue weighted by Gasteiger charge is 2.41. The molecule has 1 amide bonds. The van der Waals surface area contributed by atoms with Gasteiger partial charge in [-0.2, -0.15) is 5.10 Å². The fourth-order valence-electron chi connectivity index (χ4n) is 2.97. The molecule has 0 saturated carbocycles. The van der Waals surface area contributed by atoms with Crippen LogP contribution < -0.4 is 10.1 Å². The Bertz CT molecular complexity index is 590. The summed E-state index contributed by atoms with van der Waals surface area (Å²) in [6.07, 6.45) is -0.365. The zero-order valence-electron chi connectivity index (χ0n) is 13.8. The number of hydrogen-bond acceptors (Lipinski definition) is 5. The Labute approximate surface area is 130 Å². The van der Waals surface area contributed by atoms with E-state index in [-0.39, 0.29) is 18.2 Å². The fourth-order valence-corrected chi connectivity index (χ4v) is 2.97. The second kappa shape index (κ2) is 5.15. The second-order valence-corrected chi connectivity index (χ2v) is 7.02. The minimum Gasteiger partial charge on any atom is -0.471 e. The Balaban J connectivity index is 1.73. The van der Waals surface area contributed by atoms with Gasteiger partial charge in [-0.05, 0) is 27.7 Å². The number of aryl methyl sites for hydroxylation is 2. The van der Waals surface area contributed by atoms with E-state index in [1.54, 1.807) is 9.58 Å². The molecule has 7 heteroatoms. The third-order valence-corrected chi connectivity index (χ3v) is 4.01. The van der Waals surface area contributed by atoms with Crippen molar-refractivity contribution in [1.29, 1.82) is 0 Å². The highest BCUT2D eigenvalue weighted by molar-refractivity contribution is 5.68. The van der Waals surface area contributed by atoms with Crippen molar-refractivity contribution in [1.82, 2.24) is 20.0 Å². The van der Waals surface area contributed by atoms with E-state index in [1.165, 1.54) is 0 Å². The summed E-state index contributed by atoms with van der Waals surface area (Å²) in [6.45, 7) is 9.43. The maximum Gasteiger partial charge on any atom is 0.410 e. The smallest absolute Gasteiger partial charge is 0.410 e. The van der Waals surface area contributed by atoms with Gasteiger partial charge in [0.25, 0.3) is 0 Å². The summed E-state index contributed by atoms with van der Waals surface area (Å²) in [6, 6.07) is 0.110. The predicted octanol–water partition coefficient (Wildman–Crippen LogP) is 1.20. The van der Waals surface area contributed by atoms with Crippen molar-refractivity contribution < 1.29 is 14.3 Å². The number of nitrogens with zero attached hydrogens (tertiary/aromatic N) is 3. The summed E-state index contributed by atoms with van der Waals surface area (Å²) in [5.74, 6) is 0.795. The van der Waals surface area contributed by atoms with Crippen LogP contribution >= 0.6 is 0 Å². The van der Waals surface area contributed by atoms with Gasteiger partial charge in [0.05, 0.1) is 23.8 Å². The van der Waals surface area contributed by atoms with Crippen molar-refractivity contribution in [2.45, 2.75) is 52.0 Å². The van der Waals surface area contributed by atoms with Crippen LogP contribution in [0.1, 0.15) is 32.0 Å². The maximum absolute atomic E-state index is 12.2. The maximum atomic E-state index is 12.2. The van der Waals surface area contributed by atoms with Crippen LogP contribution in [0.4, 0.5) is 4.79 Å². The van der Waals surface area contributed by atoms with Crippen LogP contribution in [-0.2, 0) is 18.3 Å². The van der Waals surface area contributed by atoms with Crippen molar-refractivity contribution in [3.8, 4) is 5.88 Å². The molecule has 1 N–H and O–H groups in total. The lowest BCUT2D eigenvalue weighted by Crippen LogP contribution is -2.40. The highest BCUT2D eigenvalue weighted by Crippen LogP contribution is 2.28. The van der Waals surface area contributed by atoms with E-state index in [0.717, 1.165) is 17.1 Å². The number of rotatable bonds is 0. The molecule has 0 spiro atoms. The molecule has 1 fully saturated rings. The van der Waals surface area contributed by atoms with E-state index in [1.807, 2.05) is 34.7 Å². The highest BCUT2D eigenvalue weighted by atomic mass is 16.6. The van der Waals surface area contributed by atoms with Gasteiger partial charge in [0.1, 0.15) is 11.7 Å². The zero-order chi connectivity index (χ0) is 16.1. The van der Waals surface area contributed by atoms with Gasteiger partial charge < -0.3 is 19.7 Å². The monoisotopic (exact) mass is 308 g/mol. The topological polar surface area (TPSA) is 68.6 Å². The fraction of sp³-hybridized carbons (Fsp3) is 0.733. The number of likely N-dealkylation sites (tertiary alicyclic amines) is 1. The summed E-state index contributed by atoms with van der Waals surface area (Å²) < 4.78 is 13.3. The minimum absolute atomic E-state index is 0.0800. The Morgan fingerprint density at radius 1 is 1.41 bits per heavy atom. The number of ether oxygens (including phenoxy) is 2. The normalized spacial score (nSPS) is 24.3. The third-order valence-electron chi connectivity index (χ3n) is 4.01. The first-order chi connectivity index (χ1) is 10.2. The molecule has 0 unspecified atom stereocenters. The van der Waals surface area contributed by atoms with E-state index in [9.17, 15) is 4.79 Å². The lowest BCUT2D eigenvalue weighted by atomic mass is 10.2. The number of carbonyl (C=O) groups is 1. The first kappa shape index (κ1) is 15.1. The van der Waals surface area contributed by atoms with Gasteiger partial charge in [0, 0.05) is 20.1 Å². The molecule has 3 rings (SSSR count). The standard InChI is InChI=1S/C15H24N4O3/c1-9-10-6-16-11-7-19(14(20)22-15(2,3)4)8-12(11)21-13(10)18(5)17-9/h11-12,16H,6-8H2,1-5H3/t11-,12+/m1/s1. The Hall–Kier alpha value is -1.76. The number of fused-ring (bicyclic) bond motifs is 2. The van der Waals surface area contributed by atoms with Crippen molar-refractivity contribution in [3.05, 3.63) is 11.3 Å². The summed E-state index contributed by atoms with van der Waals surface area (Å²) in [4.78, 5) is 13.9. The molecule has 1 saturated heterocycles. The van der Waals surface area contributed by atoms with Gasteiger partial charge >= 0.3 is 6.09 Å². The van der Waals surface area contributed by atoms with Gasteiger partial charge in [0.15, 0.2) is 0 Å². The number of carbonyl (C=O) groups excluding carboxylic acids is 1. The lowest BCUT2D eigenvalue weighted by molar-refractivity contribution is 0.0273. The van der Waals surface area contributed by atoms with Crippen LogP contribution in [0.5, 0.6) is 5.88 Å². The van der Waals surface area contributed by atoms with Crippen molar-refractivity contribution in [2.75, 3.05) is 13.1 Å².